The molecule has 0 heterocycles. The number of carbonyl (C=O) groups excluding carboxylic acids is 2. The second kappa shape index (κ2) is 14.6. The molecule has 1 N–H and O–H groups in total. The molecule has 0 saturated carbocycles. The minimum absolute atomic E-state index is 0.218. The first-order chi connectivity index (χ1) is 10.6. The van der Waals surface area contributed by atoms with Crippen molar-refractivity contribution in [3.05, 3.63) is 0 Å². The number of ether oxygens (including phenoxy) is 1. The number of methoxy groups -OCH3 is 1. The van der Waals surface area contributed by atoms with Crippen molar-refractivity contribution >= 4 is 11.8 Å². The van der Waals surface area contributed by atoms with Gasteiger partial charge in [-0.25, -0.2) is 0 Å². The van der Waals surface area contributed by atoms with Crippen LogP contribution >= 0.6 is 0 Å². The van der Waals surface area contributed by atoms with Crippen molar-refractivity contribution in [3.63, 3.8) is 0 Å². The van der Waals surface area contributed by atoms with Gasteiger partial charge >= 0.3 is 5.97 Å². The lowest BCUT2D eigenvalue weighted by atomic mass is 10.1. The summed E-state index contributed by atoms with van der Waals surface area (Å²) in [6, 6.07) is 0. The zero-order valence-corrected chi connectivity index (χ0v) is 14.0. The Labute approximate surface area is 134 Å². The summed E-state index contributed by atoms with van der Waals surface area (Å²) in [5.74, 6) is 5.77. The van der Waals surface area contributed by atoms with Gasteiger partial charge in [0.15, 0.2) is 0 Å². The Bertz CT molecular complexity index is 365. The second-order valence-corrected chi connectivity index (χ2v) is 5.51. The smallest absolute Gasteiger partial charge is 0.305 e. The molecule has 0 rings (SSSR count). The molecule has 0 aliphatic carbocycles. The third kappa shape index (κ3) is 13.6. The fraction of sp³-hybridized carbons (Fsp3) is 0.778. The van der Waals surface area contributed by atoms with Crippen molar-refractivity contribution in [2.24, 2.45) is 0 Å². The normalized spacial score (nSPS) is 11.4. The number of ketones is 1. The Hall–Kier alpha value is -1.34. The van der Waals surface area contributed by atoms with E-state index in [0.717, 1.165) is 38.5 Å². The van der Waals surface area contributed by atoms with E-state index in [9.17, 15) is 14.7 Å². The largest absolute Gasteiger partial charge is 0.469 e. The number of hydrogen-bond acceptors (Lipinski definition) is 4. The molecule has 0 aliphatic rings. The fourth-order valence-electron chi connectivity index (χ4n) is 2.04. The van der Waals surface area contributed by atoms with Crippen molar-refractivity contribution < 1.29 is 19.4 Å². The maximum Gasteiger partial charge on any atom is 0.305 e. The maximum absolute atomic E-state index is 11.6. The number of rotatable bonds is 12. The minimum atomic E-state index is -0.527. The predicted molar refractivity (Wildman–Crippen MR) is 87.3 cm³/mol. The molecular formula is C18H30O4. The Kier molecular flexibility index (Phi) is 13.7. The number of hydrogen-bond donors (Lipinski definition) is 1. The summed E-state index contributed by atoms with van der Waals surface area (Å²) >= 11 is 0. The average Bonchev–Trinajstić information content (AvgIpc) is 2.51. The molecule has 1 atom stereocenters. The maximum atomic E-state index is 11.6. The van der Waals surface area contributed by atoms with Crippen molar-refractivity contribution in [1.29, 1.82) is 0 Å². The highest BCUT2D eigenvalue weighted by molar-refractivity contribution is 5.78. The van der Waals surface area contributed by atoms with Crippen LogP contribution in [0.4, 0.5) is 0 Å². The van der Waals surface area contributed by atoms with E-state index in [1.165, 1.54) is 7.11 Å². The highest BCUT2D eigenvalue weighted by Gasteiger charge is 2.04. The predicted octanol–water partition coefficient (Wildman–Crippen LogP) is 3.40. The van der Waals surface area contributed by atoms with E-state index in [4.69, 9.17) is 0 Å². The molecule has 0 saturated heterocycles. The lowest BCUT2D eigenvalue weighted by molar-refractivity contribution is -0.140. The van der Waals surface area contributed by atoms with E-state index in [0.29, 0.717) is 32.1 Å². The van der Waals surface area contributed by atoms with E-state index in [2.05, 4.69) is 23.5 Å². The van der Waals surface area contributed by atoms with Crippen LogP contribution in [0.5, 0.6) is 0 Å². The van der Waals surface area contributed by atoms with Gasteiger partial charge in [-0.3, -0.25) is 9.59 Å². The van der Waals surface area contributed by atoms with Gasteiger partial charge in [-0.2, -0.15) is 0 Å². The molecule has 0 amide bonds. The summed E-state index contributed by atoms with van der Waals surface area (Å²) in [6.45, 7) is 2.13. The van der Waals surface area contributed by atoms with Gasteiger partial charge in [-0.1, -0.05) is 25.7 Å². The van der Waals surface area contributed by atoms with E-state index < -0.39 is 6.10 Å². The number of aliphatic hydroxyl groups is 1. The van der Waals surface area contributed by atoms with Crippen LogP contribution in [0.25, 0.3) is 0 Å². The number of Topliss-reactive ketones (excluding diaryl/α,β-unsaturated/α-hetero) is 1. The monoisotopic (exact) mass is 310 g/mol. The van der Waals surface area contributed by atoms with E-state index in [1.54, 1.807) is 0 Å². The van der Waals surface area contributed by atoms with Crippen LogP contribution < -0.4 is 0 Å². The highest BCUT2D eigenvalue weighted by atomic mass is 16.5. The van der Waals surface area contributed by atoms with Gasteiger partial charge in [0.25, 0.3) is 0 Å². The molecule has 0 aromatic carbocycles. The van der Waals surface area contributed by atoms with Crippen LogP contribution in [0.3, 0.4) is 0 Å². The Morgan fingerprint density at radius 1 is 1.05 bits per heavy atom. The van der Waals surface area contributed by atoms with Crippen LogP contribution in [0, 0.1) is 11.8 Å². The van der Waals surface area contributed by atoms with Gasteiger partial charge < -0.3 is 9.84 Å². The van der Waals surface area contributed by atoms with Crippen LogP contribution in [0.2, 0.25) is 0 Å². The van der Waals surface area contributed by atoms with Crippen molar-refractivity contribution in [3.8, 4) is 11.8 Å². The molecule has 4 heteroatoms. The molecule has 0 fully saturated rings. The van der Waals surface area contributed by atoms with Crippen LogP contribution in [-0.4, -0.2) is 30.1 Å². The second-order valence-electron chi connectivity index (χ2n) is 5.51. The quantitative estimate of drug-likeness (QED) is 0.341. The van der Waals surface area contributed by atoms with Crippen molar-refractivity contribution in [2.45, 2.75) is 83.7 Å². The molecule has 0 radical (unpaired) electrons. The molecular weight excluding hydrogens is 280 g/mol. The van der Waals surface area contributed by atoms with E-state index in [-0.39, 0.29) is 11.8 Å². The van der Waals surface area contributed by atoms with Gasteiger partial charge in [-0.05, 0) is 32.1 Å². The average molecular weight is 310 g/mol. The van der Waals surface area contributed by atoms with E-state index >= 15 is 0 Å². The van der Waals surface area contributed by atoms with E-state index in [1.807, 2.05) is 0 Å². The van der Waals surface area contributed by atoms with Gasteiger partial charge in [0, 0.05) is 25.7 Å². The molecule has 0 spiro atoms. The van der Waals surface area contributed by atoms with Crippen molar-refractivity contribution in [1.82, 2.24) is 0 Å². The first-order valence-corrected chi connectivity index (χ1v) is 8.35. The van der Waals surface area contributed by atoms with Crippen molar-refractivity contribution in [2.75, 3.05) is 7.11 Å². The number of aliphatic hydroxyl groups excluding tert-OH is 1. The molecule has 0 unspecified atom stereocenters. The van der Waals surface area contributed by atoms with Gasteiger partial charge in [-0.15, -0.1) is 5.92 Å². The lowest BCUT2D eigenvalue weighted by Crippen LogP contribution is -2.02. The van der Waals surface area contributed by atoms with Crippen LogP contribution in [0.1, 0.15) is 77.6 Å². The third-order valence-corrected chi connectivity index (χ3v) is 3.42. The topological polar surface area (TPSA) is 63.6 Å². The third-order valence-electron chi connectivity index (χ3n) is 3.42. The standard InChI is InChI=1S/C18H30O4/c1-3-4-6-11-16(19)12-7-5-8-13-17(20)14-9-10-15-18(21)22-2/h16,19H,3-6,8-11,13-15H2,1-2H3/t16-/m1/s1. The van der Waals surface area contributed by atoms with Gasteiger partial charge in [0.2, 0.25) is 0 Å². The highest BCUT2D eigenvalue weighted by Crippen LogP contribution is 2.06. The van der Waals surface area contributed by atoms with Gasteiger partial charge in [0.05, 0.1) is 7.11 Å². The molecule has 4 nitrogen and oxygen atoms in total. The number of unbranched alkanes of at least 4 members (excludes halogenated alkanes) is 4. The summed E-state index contributed by atoms with van der Waals surface area (Å²) in [5.41, 5.74) is 0. The summed E-state index contributed by atoms with van der Waals surface area (Å²) in [5, 5.41) is 9.61. The summed E-state index contributed by atoms with van der Waals surface area (Å²) in [4.78, 5) is 22.5. The molecule has 0 aromatic rings. The SMILES string of the molecule is CCCCC[C@@H](O)C#CCCCC(=O)CCCCC(=O)OC. The number of esters is 1. The zero-order valence-electron chi connectivity index (χ0n) is 14.0. The molecule has 22 heavy (non-hydrogen) atoms. The molecule has 126 valence electrons. The van der Waals surface area contributed by atoms with Crippen LogP contribution in [-0.2, 0) is 14.3 Å². The summed E-state index contributed by atoms with van der Waals surface area (Å²) in [7, 11) is 1.37. The zero-order chi connectivity index (χ0) is 16.6. The molecule has 0 aromatic heterocycles. The summed E-state index contributed by atoms with van der Waals surface area (Å²) in [6.07, 6.45) is 7.73. The number of carbonyl (C=O) groups is 2. The Morgan fingerprint density at radius 2 is 1.73 bits per heavy atom. The molecule has 0 bridgehead atoms. The Morgan fingerprint density at radius 3 is 2.41 bits per heavy atom. The lowest BCUT2D eigenvalue weighted by Gasteiger charge is -2.01. The first kappa shape index (κ1) is 20.7. The Balaban J connectivity index is 3.54. The fourth-order valence-corrected chi connectivity index (χ4v) is 2.04. The molecule has 0 aliphatic heterocycles. The van der Waals surface area contributed by atoms with Gasteiger partial charge in [0.1, 0.15) is 11.9 Å². The van der Waals surface area contributed by atoms with Crippen LogP contribution in [0.15, 0.2) is 0 Å². The minimum Gasteiger partial charge on any atom is -0.469 e. The first-order valence-electron chi connectivity index (χ1n) is 8.35. The summed E-state index contributed by atoms with van der Waals surface area (Å²) < 4.78 is 4.54.